The number of hydrogen-bond acceptors (Lipinski definition) is 5. The number of esters is 1. The standard InChI is InChI=1S/C37H36F3N3O4/c1-2-47-36(46)34(27-8-4-3-5-9-27)42-33(44)24-25-20-22-43(23-21-25)30-18-16-29(17-19-30)41-35(45)32-11-7-6-10-31(32)26-12-14-28(15-13-26)37(38,39)40/h3-19,25,34H,2,20-24H2,1H3,(H,41,45)(H,42,44)/t34-/m0/s1. The van der Waals surface area contributed by atoms with E-state index in [-0.39, 0.29) is 24.3 Å². The van der Waals surface area contributed by atoms with E-state index in [2.05, 4.69) is 15.5 Å². The van der Waals surface area contributed by atoms with Crippen molar-refractivity contribution in [2.45, 2.75) is 38.4 Å². The first-order valence-electron chi connectivity index (χ1n) is 15.6. The molecule has 244 valence electrons. The second-order valence-electron chi connectivity index (χ2n) is 11.4. The van der Waals surface area contributed by atoms with Crippen LogP contribution in [0.5, 0.6) is 0 Å². The molecule has 0 spiro atoms. The Kier molecular flexibility index (Phi) is 10.6. The van der Waals surface area contributed by atoms with Crippen LogP contribution in [-0.2, 0) is 20.5 Å². The molecule has 47 heavy (non-hydrogen) atoms. The first-order chi connectivity index (χ1) is 22.6. The Labute approximate surface area is 271 Å². The highest BCUT2D eigenvalue weighted by Crippen LogP contribution is 2.32. The van der Waals surface area contributed by atoms with E-state index < -0.39 is 23.8 Å². The molecule has 1 heterocycles. The van der Waals surface area contributed by atoms with Crippen molar-refractivity contribution in [1.29, 1.82) is 0 Å². The molecule has 7 nitrogen and oxygen atoms in total. The molecule has 10 heteroatoms. The van der Waals surface area contributed by atoms with Gasteiger partial charge in [0.25, 0.3) is 5.91 Å². The van der Waals surface area contributed by atoms with Crippen LogP contribution in [0.3, 0.4) is 0 Å². The summed E-state index contributed by atoms with van der Waals surface area (Å²) in [6, 6.07) is 27.2. The molecule has 4 aromatic carbocycles. The molecule has 0 unspecified atom stereocenters. The van der Waals surface area contributed by atoms with Gasteiger partial charge in [0.05, 0.1) is 12.2 Å². The number of carbonyl (C=O) groups is 3. The van der Waals surface area contributed by atoms with Gasteiger partial charge in [-0.1, -0.05) is 60.7 Å². The lowest BCUT2D eigenvalue weighted by atomic mass is 9.92. The molecule has 4 aromatic rings. The fraction of sp³-hybridized carbons (Fsp3) is 0.270. The molecule has 0 saturated carbocycles. The Morgan fingerprint density at radius 3 is 2.13 bits per heavy atom. The van der Waals surface area contributed by atoms with Gasteiger partial charge in [-0.05, 0) is 84.8 Å². The molecule has 0 bridgehead atoms. The van der Waals surface area contributed by atoms with Gasteiger partial charge in [0.15, 0.2) is 6.04 Å². The fourth-order valence-corrected chi connectivity index (χ4v) is 5.75. The maximum Gasteiger partial charge on any atom is 0.416 e. The molecule has 2 amide bonds. The van der Waals surface area contributed by atoms with Gasteiger partial charge in [0.1, 0.15) is 0 Å². The molecular formula is C37H36F3N3O4. The summed E-state index contributed by atoms with van der Waals surface area (Å²) in [7, 11) is 0. The lowest BCUT2D eigenvalue weighted by molar-refractivity contribution is -0.147. The predicted octanol–water partition coefficient (Wildman–Crippen LogP) is 7.65. The Morgan fingerprint density at radius 1 is 0.851 bits per heavy atom. The minimum absolute atomic E-state index is 0.174. The predicted molar refractivity (Wildman–Crippen MR) is 175 cm³/mol. The molecule has 1 saturated heterocycles. The lowest BCUT2D eigenvalue weighted by Crippen LogP contribution is -2.38. The largest absolute Gasteiger partial charge is 0.464 e. The average molecular weight is 644 g/mol. The van der Waals surface area contributed by atoms with Gasteiger partial charge in [-0.15, -0.1) is 0 Å². The number of halogens is 3. The zero-order valence-electron chi connectivity index (χ0n) is 25.9. The third-order valence-electron chi connectivity index (χ3n) is 8.23. The van der Waals surface area contributed by atoms with Crippen LogP contribution in [-0.4, -0.2) is 37.5 Å². The van der Waals surface area contributed by atoms with E-state index >= 15 is 0 Å². The topological polar surface area (TPSA) is 87.7 Å². The molecule has 0 aromatic heterocycles. The molecule has 0 aliphatic carbocycles. The van der Waals surface area contributed by atoms with Crippen LogP contribution in [0, 0.1) is 5.92 Å². The number of piperidine rings is 1. The number of amides is 2. The van der Waals surface area contributed by atoms with E-state index in [4.69, 9.17) is 4.74 Å². The number of nitrogens with one attached hydrogen (secondary N) is 2. The number of alkyl halides is 3. The number of nitrogens with zero attached hydrogens (tertiary/aromatic N) is 1. The number of rotatable bonds is 10. The highest BCUT2D eigenvalue weighted by atomic mass is 19.4. The minimum Gasteiger partial charge on any atom is -0.464 e. The van der Waals surface area contributed by atoms with Crippen molar-refractivity contribution in [3.8, 4) is 11.1 Å². The van der Waals surface area contributed by atoms with E-state index in [0.29, 0.717) is 34.4 Å². The zero-order chi connectivity index (χ0) is 33.4. The second kappa shape index (κ2) is 15.0. The maximum absolute atomic E-state index is 13.2. The summed E-state index contributed by atoms with van der Waals surface area (Å²) in [5.74, 6) is -0.867. The van der Waals surface area contributed by atoms with E-state index in [9.17, 15) is 27.6 Å². The van der Waals surface area contributed by atoms with Gasteiger partial charge < -0.3 is 20.3 Å². The van der Waals surface area contributed by atoms with Gasteiger partial charge in [-0.25, -0.2) is 4.79 Å². The van der Waals surface area contributed by atoms with Crippen molar-refractivity contribution in [3.05, 3.63) is 120 Å². The normalized spacial score (nSPS) is 14.3. The molecule has 2 N–H and O–H groups in total. The van der Waals surface area contributed by atoms with Crippen molar-refractivity contribution in [2.24, 2.45) is 5.92 Å². The van der Waals surface area contributed by atoms with Gasteiger partial charge >= 0.3 is 12.1 Å². The average Bonchev–Trinajstić information content (AvgIpc) is 3.08. The number of ether oxygens (including phenoxy) is 1. The summed E-state index contributed by atoms with van der Waals surface area (Å²) in [6.45, 7) is 3.46. The van der Waals surface area contributed by atoms with E-state index in [1.54, 1.807) is 43.3 Å². The Morgan fingerprint density at radius 2 is 1.49 bits per heavy atom. The van der Waals surface area contributed by atoms with E-state index in [1.807, 2.05) is 42.5 Å². The summed E-state index contributed by atoms with van der Waals surface area (Å²) < 4.78 is 44.2. The van der Waals surface area contributed by atoms with Crippen LogP contribution in [0.25, 0.3) is 11.1 Å². The van der Waals surface area contributed by atoms with Crippen LogP contribution >= 0.6 is 0 Å². The quantitative estimate of drug-likeness (QED) is 0.173. The number of carbonyl (C=O) groups excluding carboxylic acids is 3. The number of benzene rings is 4. The van der Waals surface area contributed by atoms with Crippen molar-refractivity contribution < 1.29 is 32.3 Å². The molecule has 0 radical (unpaired) electrons. The minimum atomic E-state index is -4.44. The van der Waals surface area contributed by atoms with Crippen molar-refractivity contribution >= 4 is 29.2 Å². The van der Waals surface area contributed by atoms with Crippen molar-refractivity contribution in [1.82, 2.24) is 5.32 Å². The third-order valence-corrected chi connectivity index (χ3v) is 8.23. The molecular weight excluding hydrogens is 607 g/mol. The zero-order valence-corrected chi connectivity index (χ0v) is 25.9. The van der Waals surface area contributed by atoms with Crippen LogP contribution in [0.1, 0.15) is 53.7 Å². The maximum atomic E-state index is 13.2. The summed E-state index contributed by atoms with van der Waals surface area (Å²) in [5, 5.41) is 5.75. The summed E-state index contributed by atoms with van der Waals surface area (Å²) >= 11 is 0. The van der Waals surface area contributed by atoms with Crippen molar-refractivity contribution in [2.75, 3.05) is 29.9 Å². The third kappa shape index (κ3) is 8.58. The first kappa shape index (κ1) is 33.2. The second-order valence-corrected chi connectivity index (χ2v) is 11.4. The smallest absolute Gasteiger partial charge is 0.416 e. The van der Waals surface area contributed by atoms with Crippen molar-refractivity contribution in [3.63, 3.8) is 0 Å². The molecule has 5 rings (SSSR count). The summed E-state index contributed by atoms with van der Waals surface area (Å²) in [5.41, 5.74) is 2.89. The van der Waals surface area contributed by atoms with Gasteiger partial charge in [0.2, 0.25) is 5.91 Å². The van der Waals surface area contributed by atoms with Crippen LogP contribution in [0.4, 0.5) is 24.5 Å². The molecule has 1 aliphatic heterocycles. The van der Waals surface area contributed by atoms with E-state index in [1.165, 1.54) is 12.1 Å². The monoisotopic (exact) mass is 643 g/mol. The van der Waals surface area contributed by atoms with Crippen LogP contribution in [0.15, 0.2) is 103 Å². The van der Waals surface area contributed by atoms with Crippen LogP contribution in [0.2, 0.25) is 0 Å². The van der Waals surface area contributed by atoms with Crippen LogP contribution < -0.4 is 15.5 Å². The van der Waals surface area contributed by atoms with E-state index in [0.717, 1.165) is 43.8 Å². The van der Waals surface area contributed by atoms with Gasteiger partial charge in [-0.3, -0.25) is 9.59 Å². The number of hydrogen-bond donors (Lipinski definition) is 2. The SMILES string of the molecule is CCOC(=O)[C@@H](NC(=O)CC1CCN(c2ccc(NC(=O)c3ccccc3-c3ccc(C(F)(F)F)cc3)cc2)CC1)c1ccccc1. The van der Waals surface area contributed by atoms with Gasteiger partial charge in [-0.2, -0.15) is 13.2 Å². The first-order valence-corrected chi connectivity index (χ1v) is 15.6. The summed E-state index contributed by atoms with van der Waals surface area (Å²) in [6.07, 6.45) is -2.51. The Balaban J connectivity index is 1.14. The molecule has 1 atom stereocenters. The van der Waals surface area contributed by atoms with Gasteiger partial charge in [0, 0.05) is 36.4 Å². The highest BCUT2D eigenvalue weighted by molar-refractivity contribution is 6.08. The Bertz CT molecular complexity index is 1670. The lowest BCUT2D eigenvalue weighted by Gasteiger charge is -2.33. The summed E-state index contributed by atoms with van der Waals surface area (Å²) in [4.78, 5) is 40.9. The highest BCUT2D eigenvalue weighted by Gasteiger charge is 2.30. The Hall–Kier alpha value is -5.12. The molecule has 1 aliphatic rings. The fourth-order valence-electron chi connectivity index (χ4n) is 5.75. The molecule has 1 fully saturated rings. The number of anilines is 2.